The topological polar surface area (TPSA) is 50.2 Å². The molecule has 1 aliphatic rings. The van der Waals surface area contributed by atoms with Crippen LogP contribution in [0.25, 0.3) is 22.3 Å². The summed E-state index contributed by atoms with van der Waals surface area (Å²) >= 11 is 6.10. The second-order valence-electron chi connectivity index (χ2n) is 8.45. The summed E-state index contributed by atoms with van der Waals surface area (Å²) in [6.07, 6.45) is 5.78. The van der Waals surface area contributed by atoms with E-state index in [4.69, 9.17) is 11.6 Å². The average Bonchev–Trinajstić information content (AvgIpc) is 3.24. The number of benzene rings is 1. The van der Waals surface area contributed by atoms with Gasteiger partial charge >= 0.3 is 0 Å². The quantitative estimate of drug-likeness (QED) is 0.606. The van der Waals surface area contributed by atoms with Crippen LogP contribution in [0.5, 0.6) is 0 Å². The van der Waals surface area contributed by atoms with Crippen molar-refractivity contribution in [2.75, 3.05) is 18.0 Å². The number of rotatable bonds is 6. The summed E-state index contributed by atoms with van der Waals surface area (Å²) in [5.41, 5.74) is 3.45. The third kappa shape index (κ3) is 4.53. The number of pyridine rings is 2. The van der Waals surface area contributed by atoms with Gasteiger partial charge in [0.05, 0.1) is 5.56 Å². The van der Waals surface area contributed by atoms with Gasteiger partial charge in [0.1, 0.15) is 5.82 Å². The smallest absolute Gasteiger partial charge is 0.260 e. The molecule has 1 N–H and O–H groups in total. The summed E-state index contributed by atoms with van der Waals surface area (Å²) in [5.74, 6) is 0.961. The minimum Gasteiger partial charge on any atom is -0.354 e. The molecule has 4 rings (SSSR count). The van der Waals surface area contributed by atoms with Gasteiger partial charge in [-0.2, -0.15) is 0 Å². The van der Waals surface area contributed by atoms with E-state index < -0.39 is 0 Å². The van der Waals surface area contributed by atoms with Crippen molar-refractivity contribution in [3.8, 4) is 22.3 Å². The lowest BCUT2D eigenvalue weighted by molar-refractivity contribution is 0.519. The zero-order chi connectivity index (χ0) is 22.0. The molecule has 6 heteroatoms. The van der Waals surface area contributed by atoms with Gasteiger partial charge in [0.2, 0.25) is 0 Å². The van der Waals surface area contributed by atoms with Gasteiger partial charge < -0.3 is 10.2 Å². The Morgan fingerprint density at radius 1 is 1.13 bits per heavy atom. The molecule has 1 saturated heterocycles. The van der Waals surface area contributed by atoms with E-state index in [-0.39, 0.29) is 5.56 Å². The van der Waals surface area contributed by atoms with Crippen LogP contribution in [0.15, 0.2) is 59.7 Å². The predicted molar refractivity (Wildman–Crippen MR) is 129 cm³/mol. The van der Waals surface area contributed by atoms with Crippen LogP contribution in [-0.2, 0) is 7.05 Å². The maximum absolute atomic E-state index is 13.7. The van der Waals surface area contributed by atoms with E-state index in [1.807, 2.05) is 43.4 Å². The molecule has 0 aliphatic carbocycles. The van der Waals surface area contributed by atoms with Crippen molar-refractivity contribution >= 4 is 17.4 Å². The third-order valence-electron chi connectivity index (χ3n) is 5.96. The molecule has 1 atom stereocenters. The molecule has 162 valence electrons. The Labute approximate surface area is 188 Å². The standard InChI is InChI=1S/C25H29ClN4O/c1-17(2)28-16-21-5-4-14-30(21)23-15-22(18-10-12-27-13-11-18)24(25(31)29(23)3)19-6-8-20(26)9-7-19/h6-13,15,17,21,28H,4-5,14,16H2,1-3H3. The van der Waals surface area contributed by atoms with E-state index >= 15 is 0 Å². The molecule has 3 aromatic rings. The lowest BCUT2D eigenvalue weighted by Crippen LogP contribution is -2.42. The minimum atomic E-state index is -0.00546. The number of hydrogen-bond donors (Lipinski definition) is 1. The van der Waals surface area contributed by atoms with Crippen molar-refractivity contribution in [3.05, 3.63) is 70.2 Å². The Balaban J connectivity index is 1.86. The number of nitrogens with one attached hydrogen (secondary N) is 1. The van der Waals surface area contributed by atoms with Gasteiger partial charge in [-0.3, -0.25) is 14.3 Å². The highest BCUT2D eigenvalue weighted by Crippen LogP contribution is 2.34. The summed E-state index contributed by atoms with van der Waals surface area (Å²) in [7, 11) is 1.87. The Morgan fingerprint density at radius 3 is 2.52 bits per heavy atom. The van der Waals surface area contributed by atoms with Crippen molar-refractivity contribution in [1.82, 2.24) is 14.9 Å². The van der Waals surface area contributed by atoms with Crippen molar-refractivity contribution in [2.45, 2.75) is 38.8 Å². The first-order valence-corrected chi connectivity index (χ1v) is 11.2. The normalized spacial score (nSPS) is 16.3. The van der Waals surface area contributed by atoms with Gasteiger partial charge in [0.25, 0.3) is 5.56 Å². The van der Waals surface area contributed by atoms with Gasteiger partial charge in [0.15, 0.2) is 0 Å². The number of aromatic nitrogens is 2. The van der Waals surface area contributed by atoms with E-state index in [2.05, 4.69) is 35.1 Å². The molecule has 0 radical (unpaired) electrons. The molecule has 0 saturated carbocycles. The second kappa shape index (κ2) is 9.25. The van der Waals surface area contributed by atoms with Crippen molar-refractivity contribution < 1.29 is 0 Å². The van der Waals surface area contributed by atoms with Crippen molar-refractivity contribution in [3.63, 3.8) is 0 Å². The highest BCUT2D eigenvalue weighted by Gasteiger charge is 2.28. The van der Waals surface area contributed by atoms with Crippen LogP contribution >= 0.6 is 11.6 Å². The molecule has 3 heterocycles. The van der Waals surface area contributed by atoms with Gasteiger partial charge in [-0.1, -0.05) is 37.6 Å². The zero-order valence-electron chi connectivity index (χ0n) is 18.3. The van der Waals surface area contributed by atoms with Gasteiger partial charge in [-0.15, -0.1) is 0 Å². The highest BCUT2D eigenvalue weighted by atomic mass is 35.5. The average molecular weight is 437 g/mol. The fraction of sp³-hybridized carbons (Fsp3) is 0.360. The predicted octanol–water partition coefficient (Wildman–Crippen LogP) is 4.73. The molecule has 1 aliphatic heterocycles. The SMILES string of the molecule is CC(C)NCC1CCCN1c1cc(-c2ccncc2)c(-c2ccc(Cl)cc2)c(=O)n1C. The summed E-state index contributed by atoms with van der Waals surface area (Å²) in [6.45, 7) is 6.19. The molecule has 0 bridgehead atoms. The second-order valence-corrected chi connectivity index (χ2v) is 8.89. The highest BCUT2D eigenvalue weighted by molar-refractivity contribution is 6.30. The van der Waals surface area contributed by atoms with E-state index in [0.29, 0.717) is 22.7 Å². The maximum Gasteiger partial charge on any atom is 0.260 e. The molecule has 1 fully saturated rings. The fourth-order valence-electron chi connectivity index (χ4n) is 4.34. The first-order valence-electron chi connectivity index (χ1n) is 10.9. The first-order chi connectivity index (χ1) is 15.0. The monoisotopic (exact) mass is 436 g/mol. The molecule has 0 spiro atoms. The molecule has 31 heavy (non-hydrogen) atoms. The van der Waals surface area contributed by atoms with E-state index in [1.54, 1.807) is 17.0 Å². The molecule has 0 amide bonds. The van der Waals surface area contributed by atoms with Crippen molar-refractivity contribution in [2.24, 2.45) is 7.05 Å². The zero-order valence-corrected chi connectivity index (χ0v) is 19.1. The number of nitrogens with zero attached hydrogens (tertiary/aromatic N) is 3. The molecule has 1 aromatic carbocycles. The van der Waals surface area contributed by atoms with Crippen LogP contribution in [0.3, 0.4) is 0 Å². The molecule has 2 aromatic heterocycles. The summed E-state index contributed by atoms with van der Waals surface area (Å²) in [6, 6.07) is 14.4. The lowest BCUT2D eigenvalue weighted by atomic mass is 9.96. The van der Waals surface area contributed by atoms with Crippen LogP contribution in [0.1, 0.15) is 26.7 Å². The van der Waals surface area contributed by atoms with Crippen LogP contribution in [-0.4, -0.2) is 34.7 Å². The number of halogens is 1. The number of anilines is 1. The molecular formula is C25H29ClN4O. The maximum atomic E-state index is 13.7. The first kappa shape index (κ1) is 21.6. The Bertz CT molecular complexity index is 1090. The number of hydrogen-bond acceptors (Lipinski definition) is 4. The largest absolute Gasteiger partial charge is 0.354 e. The fourth-order valence-corrected chi connectivity index (χ4v) is 4.46. The summed E-state index contributed by atoms with van der Waals surface area (Å²) in [5, 5.41) is 4.21. The van der Waals surface area contributed by atoms with Crippen LogP contribution < -0.4 is 15.8 Å². The van der Waals surface area contributed by atoms with Gasteiger partial charge in [0, 0.05) is 49.6 Å². The van der Waals surface area contributed by atoms with Crippen LogP contribution in [0, 0.1) is 0 Å². The van der Waals surface area contributed by atoms with E-state index in [0.717, 1.165) is 48.4 Å². The van der Waals surface area contributed by atoms with E-state index in [9.17, 15) is 4.79 Å². The Morgan fingerprint density at radius 2 is 1.84 bits per heavy atom. The Hall–Kier alpha value is -2.63. The van der Waals surface area contributed by atoms with Gasteiger partial charge in [-0.05, 0) is 59.9 Å². The summed E-state index contributed by atoms with van der Waals surface area (Å²) in [4.78, 5) is 20.2. The van der Waals surface area contributed by atoms with Crippen LogP contribution in [0.2, 0.25) is 5.02 Å². The third-order valence-corrected chi connectivity index (χ3v) is 6.21. The van der Waals surface area contributed by atoms with Crippen LogP contribution in [0.4, 0.5) is 5.82 Å². The molecule has 5 nitrogen and oxygen atoms in total. The lowest BCUT2D eigenvalue weighted by Gasteiger charge is -2.30. The minimum absolute atomic E-state index is 0.00546. The summed E-state index contributed by atoms with van der Waals surface area (Å²) < 4.78 is 1.79. The molecular weight excluding hydrogens is 408 g/mol. The van der Waals surface area contributed by atoms with Gasteiger partial charge in [-0.25, -0.2) is 0 Å². The molecule has 1 unspecified atom stereocenters. The van der Waals surface area contributed by atoms with Crippen molar-refractivity contribution in [1.29, 1.82) is 0 Å². The Kier molecular flexibility index (Phi) is 6.44. The van der Waals surface area contributed by atoms with E-state index in [1.165, 1.54) is 0 Å².